The van der Waals surface area contributed by atoms with E-state index >= 15 is 0 Å². The Morgan fingerprint density at radius 1 is 1.20 bits per heavy atom. The fourth-order valence-electron chi connectivity index (χ4n) is 4.94. The molecule has 2 heterocycles. The lowest BCUT2D eigenvalue weighted by atomic mass is 9.84. The zero-order valence-electron chi connectivity index (χ0n) is 23.5. The Bertz CT molecular complexity index is 1420. The van der Waals surface area contributed by atoms with Crippen molar-refractivity contribution in [3.05, 3.63) is 51.9 Å². The third kappa shape index (κ3) is 7.73. The molecular weight excluding hydrogens is 600 g/mol. The standard InChI is InChI=1S/C29H34BrF2N5O4/c1-16-20(30)6-5-7-22(16)37(28(40)41-29(2,3)4)27-24-21(35-26(36-27)25(31)32)12-18(15-34-24)14-33-19-10-8-17(9-11-19)13-23(38)39/h5-7,12,15,17,19,25,33H,8-11,13-14H2,1-4H3,(H,38,39). The maximum atomic E-state index is 14.0. The molecule has 0 bridgehead atoms. The highest BCUT2D eigenvalue weighted by Gasteiger charge is 2.31. The van der Waals surface area contributed by atoms with Crippen molar-refractivity contribution in [2.24, 2.45) is 5.92 Å². The van der Waals surface area contributed by atoms with E-state index in [0.29, 0.717) is 22.3 Å². The van der Waals surface area contributed by atoms with E-state index in [4.69, 9.17) is 9.84 Å². The molecule has 0 aliphatic heterocycles. The Labute approximate surface area is 245 Å². The molecule has 12 heteroatoms. The first-order valence-corrected chi connectivity index (χ1v) is 14.3. The number of amides is 1. The lowest BCUT2D eigenvalue weighted by Gasteiger charge is -2.29. The van der Waals surface area contributed by atoms with Crippen molar-refractivity contribution in [2.45, 2.75) is 84.4 Å². The molecule has 0 unspecified atom stereocenters. The number of carboxylic acids is 1. The van der Waals surface area contributed by atoms with Gasteiger partial charge in [0.1, 0.15) is 11.1 Å². The van der Waals surface area contributed by atoms with E-state index in [2.05, 4.69) is 36.2 Å². The second-order valence-corrected chi connectivity index (χ2v) is 12.2. The molecule has 1 saturated carbocycles. The normalized spacial score (nSPS) is 17.6. The maximum Gasteiger partial charge on any atom is 0.420 e. The smallest absolute Gasteiger partial charge is 0.420 e. The van der Waals surface area contributed by atoms with Gasteiger partial charge < -0.3 is 15.2 Å². The van der Waals surface area contributed by atoms with E-state index in [-0.39, 0.29) is 35.2 Å². The van der Waals surface area contributed by atoms with Gasteiger partial charge in [-0.15, -0.1) is 0 Å². The van der Waals surface area contributed by atoms with E-state index in [0.717, 1.165) is 31.2 Å². The summed E-state index contributed by atoms with van der Waals surface area (Å²) in [5.41, 5.74) is 1.32. The molecule has 3 aromatic rings. The molecule has 1 aromatic carbocycles. The molecule has 1 fully saturated rings. The van der Waals surface area contributed by atoms with Crippen LogP contribution in [0.1, 0.15) is 76.3 Å². The number of carboxylic acid groups (broad SMARTS) is 1. The number of rotatable bonds is 8. The summed E-state index contributed by atoms with van der Waals surface area (Å²) in [5, 5.41) is 12.5. The molecule has 2 aromatic heterocycles. The van der Waals surface area contributed by atoms with Gasteiger partial charge in [0, 0.05) is 29.7 Å². The zero-order chi connectivity index (χ0) is 29.9. The maximum absolute atomic E-state index is 14.0. The van der Waals surface area contributed by atoms with Gasteiger partial charge in [0.2, 0.25) is 0 Å². The Balaban J connectivity index is 1.69. The van der Waals surface area contributed by atoms with Crippen LogP contribution >= 0.6 is 15.9 Å². The molecule has 0 spiro atoms. The van der Waals surface area contributed by atoms with Crippen molar-refractivity contribution < 1.29 is 28.2 Å². The minimum absolute atomic E-state index is 0.1000. The molecule has 1 aliphatic rings. The van der Waals surface area contributed by atoms with Gasteiger partial charge in [0.05, 0.1) is 11.2 Å². The lowest BCUT2D eigenvalue weighted by Crippen LogP contribution is -2.35. The largest absolute Gasteiger partial charge is 0.481 e. The van der Waals surface area contributed by atoms with E-state index in [9.17, 15) is 18.4 Å². The highest BCUT2D eigenvalue weighted by molar-refractivity contribution is 9.10. The zero-order valence-corrected chi connectivity index (χ0v) is 25.0. The van der Waals surface area contributed by atoms with Crippen LogP contribution < -0.4 is 10.2 Å². The topological polar surface area (TPSA) is 118 Å². The summed E-state index contributed by atoms with van der Waals surface area (Å²) in [5.74, 6) is -1.40. The first-order chi connectivity index (χ1) is 19.3. The molecule has 2 N–H and O–H groups in total. The molecule has 0 saturated heterocycles. The van der Waals surface area contributed by atoms with E-state index in [1.54, 1.807) is 52.1 Å². The molecule has 41 heavy (non-hydrogen) atoms. The Kier molecular flexibility index (Phi) is 9.53. The number of ether oxygens (including phenoxy) is 1. The van der Waals surface area contributed by atoms with Crippen LogP contribution in [0.3, 0.4) is 0 Å². The van der Waals surface area contributed by atoms with Gasteiger partial charge in [-0.1, -0.05) is 22.0 Å². The predicted octanol–water partition coefficient (Wildman–Crippen LogP) is 7.23. The summed E-state index contributed by atoms with van der Waals surface area (Å²) in [6.07, 6.45) is 1.43. The van der Waals surface area contributed by atoms with Crippen LogP contribution in [0, 0.1) is 12.8 Å². The van der Waals surface area contributed by atoms with Crippen LogP contribution in [0.2, 0.25) is 0 Å². The van der Waals surface area contributed by atoms with Crippen molar-refractivity contribution in [2.75, 3.05) is 4.90 Å². The van der Waals surface area contributed by atoms with Crippen LogP contribution in [0.5, 0.6) is 0 Å². The van der Waals surface area contributed by atoms with Gasteiger partial charge in [-0.25, -0.2) is 28.4 Å². The summed E-state index contributed by atoms with van der Waals surface area (Å²) in [6, 6.07) is 7.11. The number of anilines is 2. The number of alkyl halides is 2. The number of carbonyl (C=O) groups is 2. The summed E-state index contributed by atoms with van der Waals surface area (Å²) in [6.45, 7) is 7.38. The lowest BCUT2D eigenvalue weighted by molar-refractivity contribution is -0.138. The quantitative estimate of drug-likeness (QED) is 0.267. The molecule has 1 aliphatic carbocycles. The second kappa shape index (κ2) is 12.7. The number of nitrogens with one attached hydrogen (secondary N) is 1. The van der Waals surface area contributed by atoms with Gasteiger partial charge in [0.15, 0.2) is 11.6 Å². The van der Waals surface area contributed by atoms with E-state index in [1.165, 1.54) is 4.90 Å². The average Bonchev–Trinajstić information content (AvgIpc) is 2.89. The number of halogens is 3. The first kappa shape index (κ1) is 30.7. The average molecular weight is 635 g/mol. The number of hydrogen-bond donors (Lipinski definition) is 2. The highest BCUT2D eigenvalue weighted by Crippen LogP contribution is 2.36. The predicted molar refractivity (Wildman–Crippen MR) is 154 cm³/mol. The summed E-state index contributed by atoms with van der Waals surface area (Å²) in [7, 11) is 0. The number of nitrogens with zero attached hydrogens (tertiary/aromatic N) is 4. The third-order valence-corrected chi connectivity index (χ3v) is 7.82. The minimum atomic E-state index is -2.98. The summed E-state index contributed by atoms with van der Waals surface area (Å²) in [4.78, 5) is 38.4. The van der Waals surface area contributed by atoms with Crippen molar-refractivity contribution in [1.82, 2.24) is 20.3 Å². The van der Waals surface area contributed by atoms with Crippen molar-refractivity contribution in [3.63, 3.8) is 0 Å². The van der Waals surface area contributed by atoms with E-state index in [1.807, 2.05) is 6.07 Å². The molecule has 9 nitrogen and oxygen atoms in total. The molecular formula is C29H34BrF2N5O4. The molecule has 4 rings (SSSR count). The minimum Gasteiger partial charge on any atom is -0.481 e. The fourth-order valence-corrected chi connectivity index (χ4v) is 5.29. The number of aliphatic carboxylic acids is 1. The SMILES string of the molecule is Cc1c(Br)cccc1N(C(=O)OC(C)(C)C)c1nc(C(F)F)nc2cc(CNC3CCC(CC(=O)O)CC3)cnc12. The van der Waals surface area contributed by atoms with Gasteiger partial charge in [-0.05, 0) is 88.6 Å². The van der Waals surface area contributed by atoms with Crippen LogP contribution in [0.25, 0.3) is 11.0 Å². The second-order valence-electron chi connectivity index (χ2n) is 11.3. The van der Waals surface area contributed by atoms with Gasteiger partial charge in [-0.2, -0.15) is 0 Å². The van der Waals surface area contributed by atoms with Crippen molar-refractivity contribution in [3.8, 4) is 0 Å². The van der Waals surface area contributed by atoms with Crippen LogP contribution in [-0.4, -0.2) is 43.8 Å². The third-order valence-electron chi connectivity index (χ3n) is 6.96. The number of hydrogen-bond acceptors (Lipinski definition) is 7. The first-order valence-electron chi connectivity index (χ1n) is 13.5. The summed E-state index contributed by atoms with van der Waals surface area (Å²) < 4.78 is 34.4. The summed E-state index contributed by atoms with van der Waals surface area (Å²) >= 11 is 3.48. The fraction of sp³-hybridized carbons (Fsp3) is 0.483. The monoisotopic (exact) mass is 633 g/mol. The van der Waals surface area contributed by atoms with Crippen LogP contribution in [-0.2, 0) is 16.1 Å². The molecule has 1 amide bonds. The molecule has 0 atom stereocenters. The Hall–Kier alpha value is -3.25. The van der Waals surface area contributed by atoms with Gasteiger partial charge in [0.25, 0.3) is 6.43 Å². The molecule has 220 valence electrons. The van der Waals surface area contributed by atoms with Gasteiger partial charge >= 0.3 is 12.1 Å². The number of pyridine rings is 1. The Morgan fingerprint density at radius 3 is 2.54 bits per heavy atom. The van der Waals surface area contributed by atoms with Crippen molar-refractivity contribution in [1.29, 1.82) is 0 Å². The van der Waals surface area contributed by atoms with Crippen molar-refractivity contribution >= 4 is 50.5 Å². The molecule has 0 radical (unpaired) electrons. The number of benzene rings is 1. The van der Waals surface area contributed by atoms with Crippen LogP contribution in [0.15, 0.2) is 34.9 Å². The number of carbonyl (C=O) groups excluding carboxylic acids is 1. The Morgan fingerprint density at radius 2 is 1.90 bits per heavy atom. The van der Waals surface area contributed by atoms with Crippen LogP contribution in [0.4, 0.5) is 25.1 Å². The number of fused-ring (bicyclic) bond motifs is 1. The highest BCUT2D eigenvalue weighted by atomic mass is 79.9. The van der Waals surface area contributed by atoms with E-state index < -0.39 is 29.9 Å². The number of aromatic nitrogens is 3. The van der Waals surface area contributed by atoms with Gasteiger partial charge in [-0.3, -0.25) is 9.78 Å².